The molecule has 124 valence electrons. The maximum Gasteiger partial charge on any atom is 0.162 e. The van der Waals surface area contributed by atoms with Crippen molar-refractivity contribution in [1.82, 2.24) is 0 Å². The second kappa shape index (κ2) is 8.41. The van der Waals surface area contributed by atoms with Gasteiger partial charge in [0.25, 0.3) is 0 Å². The molecule has 2 rings (SSSR count). The fourth-order valence-electron chi connectivity index (χ4n) is 2.05. The Labute approximate surface area is 148 Å². The predicted molar refractivity (Wildman–Crippen MR) is 95.2 cm³/mol. The fraction of sp³-hybridized carbons (Fsp3) is 0.294. The number of anilines is 1. The van der Waals surface area contributed by atoms with Crippen molar-refractivity contribution >= 4 is 33.2 Å². The van der Waals surface area contributed by atoms with Crippen molar-refractivity contribution in [3.8, 4) is 11.5 Å². The van der Waals surface area contributed by atoms with Gasteiger partial charge in [-0.15, -0.1) is 0 Å². The molecule has 0 saturated heterocycles. The summed E-state index contributed by atoms with van der Waals surface area (Å²) in [6.07, 6.45) is 0. The van der Waals surface area contributed by atoms with Crippen molar-refractivity contribution in [3.63, 3.8) is 0 Å². The van der Waals surface area contributed by atoms with Crippen molar-refractivity contribution in [2.24, 2.45) is 0 Å². The number of rotatable bonds is 7. The topological polar surface area (TPSA) is 30.5 Å². The molecule has 2 aromatic carbocycles. The van der Waals surface area contributed by atoms with Gasteiger partial charge in [0.05, 0.1) is 18.2 Å². The fourth-order valence-corrected chi connectivity index (χ4v) is 2.70. The largest absolute Gasteiger partial charge is 0.490 e. The quantitative estimate of drug-likeness (QED) is 0.649. The Balaban J connectivity index is 2.18. The lowest BCUT2D eigenvalue weighted by Gasteiger charge is -2.15. The first-order chi connectivity index (χ1) is 11.0. The van der Waals surface area contributed by atoms with Gasteiger partial charge in [0.15, 0.2) is 11.5 Å². The van der Waals surface area contributed by atoms with Crippen LogP contribution in [0.25, 0.3) is 0 Å². The average molecular weight is 403 g/mol. The van der Waals surface area contributed by atoms with Crippen molar-refractivity contribution in [2.75, 3.05) is 18.5 Å². The zero-order valence-corrected chi connectivity index (χ0v) is 15.3. The maximum atomic E-state index is 13.2. The molecule has 0 aliphatic rings. The molecule has 0 spiro atoms. The van der Waals surface area contributed by atoms with Crippen LogP contribution in [0.4, 0.5) is 10.1 Å². The molecule has 0 fully saturated rings. The molecule has 0 amide bonds. The van der Waals surface area contributed by atoms with Crippen LogP contribution in [0.15, 0.2) is 34.8 Å². The lowest BCUT2D eigenvalue weighted by atomic mass is 10.2. The van der Waals surface area contributed by atoms with Crippen molar-refractivity contribution < 1.29 is 13.9 Å². The van der Waals surface area contributed by atoms with Crippen molar-refractivity contribution in [1.29, 1.82) is 0 Å². The Hall–Kier alpha value is -1.46. The Morgan fingerprint density at radius 1 is 1.09 bits per heavy atom. The predicted octanol–water partition coefficient (Wildman–Crippen LogP) is 5.65. The smallest absolute Gasteiger partial charge is 0.162 e. The van der Waals surface area contributed by atoms with Crippen LogP contribution in [0, 0.1) is 5.82 Å². The first-order valence-electron chi connectivity index (χ1n) is 7.32. The van der Waals surface area contributed by atoms with Crippen molar-refractivity contribution in [3.05, 3.63) is 51.2 Å². The summed E-state index contributed by atoms with van der Waals surface area (Å²) < 4.78 is 25.3. The molecule has 23 heavy (non-hydrogen) atoms. The van der Waals surface area contributed by atoms with E-state index < -0.39 is 5.82 Å². The zero-order chi connectivity index (χ0) is 16.8. The summed E-state index contributed by atoms with van der Waals surface area (Å²) in [6.45, 7) is 5.52. The van der Waals surface area contributed by atoms with Crippen LogP contribution in [-0.2, 0) is 6.54 Å². The molecule has 0 bridgehead atoms. The van der Waals surface area contributed by atoms with Crippen LogP contribution in [-0.4, -0.2) is 13.2 Å². The van der Waals surface area contributed by atoms with E-state index in [0.717, 1.165) is 15.7 Å². The van der Waals surface area contributed by atoms with Crippen LogP contribution >= 0.6 is 27.5 Å². The van der Waals surface area contributed by atoms with E-state index in [1.165, 1.54) is 6.07 Å². The third-order valence-electron chi connectivity index (χ3n) is 3.12. The minimum Gasteiger partial charge on any atom is -0.490 e. The highest BCUT2D eigenvalue weighted by molar-refractivity contribution is 9.10. The van der Waals surface area contributed by atoms with E-state index in [0.29, 0.717) is 31.3 Å². The Morgan fingerprint density at radius 3 is 2.35 bits per heavy atom. The maximum absolute atomic E-state index is 13.2. The van der Waals surface area contributed by atoms with E-state index >= 15 is 0 Å². The van der Waals surface area contributed by atoms with E-state index in [-0.39, 0.29) is 5.02 Å². The summed E-state index contributed by atoms with van der Waals surface area (Å²) >= 11 is 9.33. The molecule has 0 aliphatic heterocycles. The van der Waals surface area contributed by atoms with Gasteiger partial charge in [0.2, 0.25) is 0 Å². The molecule has 0 atom stereocenters. The van der Waals surface area contributed by atoms with E-state index in [1.54, 1.807) is 12.1 Å². The Kier molecular flexibility index (Phi) is 6.54. The highest BCUT2D eigenvalue weighted by Crippen LogP contribution is 2.34. The van der Waals surface area contributed by atoms with Crippen LogP contribution in [0.3, 0.4) is 0 Å². The number of nitrogens with one attached hydrogen (secondary N) is 1. The van der Waals surface area contributed by atoms with Gasteiger partial charge < -0.3 is 14.8 Å². The highest BCUT2D eigenvalue weighted by atomic mass is 79.9. The van der Waals surface area contributed by atoms with E-state index in [1.807, 2.05) is 26.0 Å². The molecule has 6 heteroatoms. The Bertz CT molecular complexity index is 682. The lowest BCUT2D eigenvalue weighted by Crippen LogP contribution is -2.04. The number of hydrogen-bond donors (Lipinski definition) is 1. The summed E-state index contributed by atoms with van der Waals surface area (Å²) in [7, 11) is 0. The highest BCUT2D eigenvalue weighted by Gasteiger charge is 2.11. The van der Waals surface area contributed by atoms with Gasteiger partial charge in [-0.2, -0.15) is 0 Å². The molecule has 3 nitrogen and oxygen atoms in total. The number of hydrogen-bond acceptors (Lipinski definition) is 3. The van der Waals surface area contributed by atoms with Crippen LogP contribution < -0.4 is 14.8 Å². The molecule has 0 saturated carbocycles. The summed E-state index contributed by atoms with van der Waals surface area (Å²) in [5, 5.41) is 3.31. The lowest BCUT2D eigenvalue weighted by molar-refractivity contribution is 0.287. The first kappa shape index (κ1) is 17.9. The SMILES string of the molecule is CCOc1cc(Br)c(CNc2ccc(F)c(Cl)c2)cc1OCC. The van der Waals surface area contributed by atoms with Gasteiger partial charge >= 0.3 is 0 Å². The third kappa shape index (κ3) is 4.75. The van der Waals surface area contributed by atoms with E-state index in [9.17, 15) is 4.39 Å². The zero-order valence-electron chi connectivity index (χ0n) is 13.0. The van der Waals surface area contributed by atoms with E-state index in [2.05, 4.69) is 21.2 Å². The molecule has 1 N–H and O–H groups in total. The summed E-state index contributed by atoms with van der Waals surface area (Å²) in [6, 6.07) is 8.36. The van der Waals surface area contributed by atoms with Crippen molar-refractivity contribution in [2.45, 2.75) is 20.4 Å². The molecule has 0 aromatic heterocycles. The van der Waals surface area contributed by atoms with Gasteiger partial charge in [-0.3, -0.25) is 0 Å². The molecule has 0 unspecified atom stereocenters. The number of ether oxygens (including phenoxy) is 2. The first-order valence-corrected chi connectivity index (χ1v) is 8.49. The summed E-state index contributed by atoms with van der Waals surface area (Å²) in [5.74, 6) is 0.972. The van der Waals surface area contributed by atoms with Gasteiger partial charge in [0.1, 0.15) is 5.82 Å². The minimum absolute atomic E-state index is 0.0933. The van der Waals surface area contributed by atoms with E-state index in [4.69, 9.17) is 21.1 Å². The second-order valence-corrected chi connectivity index (χ2v) is 6.00. The normalized spacial score (nSPS) is 10.5. The monoisotopic (exact) mass is 401 g/mol. The van der Waals surface area contributed by atoms with Gasteiger partial charge in [-0.1, -0.05) is 27.5 Å². The number of halogens is 3. The molecule has 2 aromatic rings. The average Bonchev–Trinajstić information content (AvgIpc) is 2.52. The summed E-state index contributed by atoms with van der Waals surface area (Å²) in [5.41, 5.74) is 1.74. The minimum atomic E-state index is -0.432. The van der Waals surface area contributed by atoms with Gasteiger partial charge in [0, 0.05) is 16.7 Å². The Morgan fingerprint density at radius 2 is 1.74 bits per heavy atom. The standard InChI is InChI=1S/C17H18BrClFNO2/c1-3-22-16-7-11(13(18)9-17(16)23-4-2)10-21-12-5-6-15(20)14(19)8-12/h5-9,21H,3-4,10H2,1-2H3. The summed E-state index contributed by atoms with van der Waals surface area (Å²) in [4.78, 5) is 0. The van der Waals surface area contributed by atoms with Gasteiger partial charge in [-0.05, 0) is 49.7 Å². The molecular formula is C17H18BrClFNO2. The van der Waals surface area contributed by atoms with Crippen LogP contribution in [0.5, 0.6) is 11.5 Å². The molecule has 0 heterocycles. The number of benzene rings is 2. The third-order valence-corrected chi connectivity index (χ3v) is 4.14. The second-order valence-electron chi connectivity index (χ2n) is 4.74. The molecule has 0 radical (unpaired) electrons. The van der Waals surface area contributed by atoms with Crippen LogP contribution in [0.1, 0.15) is 19.4 Å². The molecular weight excluding hydrogens is 385 g/mol. The van der Waals surface area contributed by atoms with Gasteiger partial charge in [-0.25, -0.2) is 4.39 Å². The molecule has 0 aliphatic carbocycles. The van der Waals surface area contributed by atoms with Crippen LogP contribution in [0.2, 0.25) is 5.02 Å².